The third kappa shape index (κ3) is 8.87. The molecule has 1 heterocycles. The van der Waals surface area contributed by atoms with Gasteiger partial charge in [-0.05, 0) is 63.9 Å². The van der Waals surface area contributed by atoms with Crippen LogP contribution in [0.5, 0.6) is 0 Å². The van der Waals surface area contributed by atoms with Crippen molar-refractivity contribution in [2.24, 2.45) is 17.8 Å². The van der Waals surface area contributed by atoms with Crippen LogP contribution in [0.4, 0.5) is 0 Å². The van der Waals surface area contributed by atoms with Crippen LogP contribution in [0.15, 0.2) is 30.3 Å². The number of amides is 4. The highest BCUT2D eigenvalue weighted by Crippen LogP contribution is 2.40. The van der Waals surface area contributed by atoms with Gasteiger partial charge in [0.05, 0.1) is 24.1 Å². The first-order valence-corrected chi connectivity index (χ1v) is 17.1. The van der Waals surface area contributed by atoms with Crippen LogP contribution < -0.4 is 0 Å². The summed E-state index contributed by atoms with van der Waals surface area (Å²) in [6.07, 6.45) is 7.98. The van der Waals surface area contributed by atoms with Gasteiger partial charge in [0, 0.05) is 46.1 Å². The van der Waals surface area contributed by atoms with E-state index in [0.29, 0.717) is 31.2 Å². The Morgan fingerprint density at radius 3 is 2.04 bits per heavy atom. The second-order valence-corrected chi connectivity index (χ2v) is 14.7. The molecule has 0 spiro atoms. The number of hydrogen-bond donors (Lipinski definition) is 1. The van der Waals surface area contributed by atoms with E-state index in [9.17, 15) is 24.3 Å². The van der Waals surface area contributed by atoms with Gasteiger partial charge in [-0.3, -0.25) is 19.2 Å². The normalized spacial score (nSPS) is 22.1. The molecule has 4 amide bonds. The monoisotopic (exact) mass is 624 g/mol. The highest BCUT2D eigenvalue weighted by atomic mass is 16.3. The molecule has 0 radical (unpaired) electrons. The van der Waals surface area contributed by atoms with Crippen molar-refractivity contribution in [1.82, 2.24) is 19.6 Å². The lowest BCUT2D eigenvalue weighted by Crippen LogP contribution is -2.52. The average molecular weight is 625 g/mol. The van der Waals surface area contributed by atoms with Crippen molar-refractivity contribution in [2.45, 2.75) is 115 Å². The Hall–Kier alpha value is -2.94. The van der Waals surface area contributed by atoms with E-state index in [1.165, 1.54) is 11.3 Å². The molecule has 2 aliphatic carbocycles. The molecule has 4 rings (SSSR count). The largest absolute Gasteiger partial charge is 0.390 e. The van der Waals surface area contributed by atoms with Crippen LogP contribution in [-0.4, -0.2) is 100 Å². The van der Waals surface area contributed by atoms with Gasteiger partial charge in [-0.15, -0.1) is 0 Å². The number of rotatable bonds is 14. The first-order valence-electron chi connectivity index (χ1n) is 17.1. The highest BCUT2D eigenvalue weighted by Gasteiger charge is 2.49. The van der Waals surface area contributed by atoms with Crippen LogP contribution in [0.25, 0.3) is 0 Å². The molecule has 3 fully saturated rings. The van der Waals surface area contributed by atoms with Crippen LogP contribution in [0, 0.1) is 17.8 Å². The average Bonchev–Trinajstić information content (AvgIpc) is 3.83. The summed E-state index contributed by atoms with van der Waals surface area (Å²) in [6, 6.07) is 8.80. The van der Waals surface area contributed by atoms with Crippen LogP contribution >= 0.6 is 0 Å². The standard InChI is InChI=1S/C36H56N4O5/c1-25(28-15-11-8-12-16-28)39(24-33(43)37(4)5)31(41)19-20-32(42)40(23-27-17-18-27)30(21-26-13-9-7-10-14-26)34(44)29-22-36(2,3)38(6)35(29)45/h8,11-12,15-16,25-27,29-30,34,44H,7,9-10,13-14,17-24H2,1-6H3/t25-,29-,30-,34-/m0/s1. The lowest BCUT2D eigenvalue weighted by molar-refractivity contribution is -0.146. The second kappa shape index (κ2) is 15.1. The van der Waals surface area contributed by atoms with E-state index in [-0.39, 0.29) is 54.6 Å². The Morgan fingerprint density at radius 2 is 1.51 bits per heavy atom. The van der Waals surface area contributed by atoms with E-state index in [0.717, 1.165) is 44.1 Å². The predicted molar refractivity (Wildman–Crippen MR) is 175 cm³/mol. The molecule has 1 N–H and O–H groups in total. The number of carbonyl (C=O) groups is 4. The van der Waals surface area contributed by atoms with E-state index in [2.05, 4.69) is 0 Å². The van der Waals surface area contributed by atoms with Crippen molar-refractivity contribution in [2.75, 3.05) is 34.2 Å². The van der Waals surface area contributed by atoms with Gasteiger partial charge < -0.3 is 24.7 Å². The van der Waals surface area contributed by atoms with Crippen molar-refractivity contribution >= 4 is 23.6 Å². The summed E-state index contributed by atoms with van der Waals surface area (Å²) in [5.74, 6) is -0.426. The topological polar surface area (TPSA) is 101 Å². The van der Waals surface area contributed by atoms with Gasteiger partial charge in [0.2, 0.25) is 23.6 Å². The second-order valence-electron chi connectivity index (χ2n) is 14.7. The Kier molecular flexibility index (Phi) is 11.7. The maximum absolute atomic E-state index is 14.2. The molecule has 1 saturated heterocycles. The maximum Gasteiger partial charge on any atom is 0.241 e. The Balaban J connectivity index is 1.55. The molecule has 1 aromatic rings. The molecule has 9 heteroatoms. The minimum Gasteiger partial charge on any atom is -0.390 e. The molecule has 2 saturated carbocycles. The molecular weight excluding hydrogens is 568 g/mol. The van der Waals surface area contributed by atoms with E-state index in [1.54, 1.807) is 30.9 Å². The van der Waals surface area contributed by atoms with Crippen molar-refractivity contribution < 1.29 is 24.3 Å². The smallest absolute Gasteiger partial charge is 0.241 e. The molecule has 3 aliphatic rings. The zero-order valence-electron chi connectivity index (χ0n) is 28.4. The summed E-state index contributed by atoms with van der Waals surface area (Å²) in [5.41, 5.74) is 0.558. The Labute approximate surface area is 270 Å². The van der Waals surface area contributed by atoms with Gasteiger partial charge in [0.25, 0.3) is 0 Å². The first-order chi connectivity index (χ1) is 21.3. The van der Waals surface area contributed by atoms with E-state index in [1.807, 2.05) is 56.0 Å². The molecule has 0 unspecified atom stereocenters. The van der Waals surface area contributed by atoms with Crippen LogP contribution in [0.2, 0.25) is 0 Å². The Morgan fingerprint density at radius 1 is 0.911 bits per heavy atom. The number of aliphatic hydroxyl groups excluding tert-OH is 1. The maximum atomic E-state index is 14.2. The van der Waals surface area contributed by atoms with Crippen molar-refractivity contribution in [1.29, 1.82) is 0 Å². The number of aliphatic hydroxyl groups is 1. The summed E-state index contributed by atoms with van der Waals surface area (Å²) in [5, 5.41) is 12.0. The zero-order valence-corrected chi connectivity index (χ0v) is 28.4. The fraction of sp³-hybridized carbons (Fsp3) is 0.722. The van der Waals surface area contributed by atoms with E-state index in [4.69, 9.17) is 0 Å². The minimum atomic E-state index is -0.964. The predicted octanol–water partition coefficient (Wildman–Crippen LogP) is 4.64. The number of hydrogen-bond acceptors (Lipinski definition) is 5. The summed E-state index contributed by atoms with van der Waals surface area (Å²) >= 11 is 0. The van der Waals surface area contributed by atoms with Gasteiger partial charge in [-0.1, -0.05) is 62.4 Å². The van der Waals surface area contributed by atoms with Gasteiger partial charge in [-0.2, -0.15) is 0 Å². The lowest BCUT2D eigenvalue weighted by atomic mass is 9.80. The quantitative estimate of drug-likeness (QED) is 0.325. The fourth-order valence-corrected chi connectivity index (χ4v) is 7.20. The summed E-state index contributed by atoms with van der Waals surface area (Å²) < 4.78 is 0. The van der Waals surface area contributed by atoms with Crippen molar-refractivity contribution in [3.8, 4) is 0 Å². The summed E-state index contributed by atoms with van der Waals surface area (Å²) in [6.45, 7) is 6.43. The first kappa shape index (κ1) is 34.9. The van der Waals surface area contributed by atoms with Gasteiger partial charge in [-0.25, -0.2) is 0 Å². The third-order valence-corrected chi connectivity index (χ3v) is 10.7. The summed E-state index contributed by atoms with van der Waals surface area (Å²) in [4.78, 5) is 60.6. The Bertz CT molecular complexity index is 1180. The third-order valence-electron chi connectivity index (χ3n) is 10.7. The van der Waals surface area contributed by atoms with Crippen LogP contribution in [0.3, 0.4) is 0 Å². The molecule has 0 bridgehead atoms. The van der Waals surface area contributed by atoms with E-state index < -0.39 is 18.1 Å². The molecular formula is C36H56N4O5. The number of likely N-dealkylation sites (N-methyl/N-ethyl adjacent to an activating group) is 1. The SMILES string of the molecule is C[C@@H](c1ccccc1)N(CC(=O)N(C)C)C(=O)CCC(=O)N(CC1CC1)[C@@H](CC1CCCCC1)[C@@H](O)[C@@H]1CC(C)(C)N(C)C1=O. The molecule has 9 nitrogen and oxygen atoms in total. The molecule has 0 aromatic heterocycles. The van der Waals surface area contributed by atoms with Crippen molar-refractivity contribution in [3.05, 3.63) is 35.9 Å². The molecule has 1 aromatic carbocycles. The molecule has 1 aliphatic heterocycles. The molecule has 45 heavy (non-hydrogen) atoms. The zero-order chi connectivity index (χ0) is 32.9. The number of nitrogens with zero attached hydrogens (tertiary/aromatic N) is 4. The van der Waals surface area contributed by atoms with Crippen LogP contribution in [-0.2, 0) is 19.2 Å². The van der Waals surface area contributed by atoms with Gasteiger partial charge >= 0.3 is 0 Å². The number of benzene rings is 1. The number of carbonyl (C=O) groups excluding carboxylic acids is 4. The minimum absolute atomic E-state index is 0.00237. The van der Waals surface area contributed by atoms with E-state index >= 15 is 0 Å². The molecule has 250 valence electrons. The number of likely N-dealkylation sites (tertiary alicyclic amines) is 1. The van der Waals surface area contributed by atoms with Crippen LogP contribution in [0.1, 0.15) is 103 Å². The fourth-order valence-electron chi connectivity index (χ4n) is 7.20. The summed E-state index contributed by atoms with van der Waals surface area (Å²) in [7, 11) is 5.14. The van der Waals surface area contributed by atoms with Gasteiger partial charge in [0.1, 0.15) is 6.54 Å². The van der Waals surface area contributed by atoms with Gasteiger partial charge in [0.15, 0.2) is 0 Å². The molecule has 4 atom stereocenters. The van der Waals surface area contributed by atoms with Crippen molar-refractivity contribution in [3.63, 3.8) is 0 Å². The highest BCUT2D eigenvalue weighted by molar-refractivity contribution is 5.88. The lowest BCUT2D eigenvalue weighted by Gasteiger charge is -2.40.